The minimum absolute atomic E-state index is 0. The number of ether oxygens (including phenoxy) is 1. The fourth-order valence-corrected chi connectivity index (χ4v) is 4.08. The lowest BCUT2D eigenvalue weighted by molar-refractivity contribution is -0.713. The van der Waals surface area contributed by atoms with E-state index < -0.39 is 0 Å². The van der Waals surface area contributed by atoms with E-state index in [0.29, 0.717) is 0 Å². The van der Waals surface area contributed by atoms with Gasteiger partial charge in [-0.15, -0.1) is 0 Å². The van der Waals surface area contributed by atoms with Crippen molar-refractivity contribution in [2.45, 2.75) is 11.7 Å². The van der Waals surface area contributed by atoms with Crippen LogP contribution in [0.2, 0.25) is 5.02 Å². The predicted molar refractivity (Wildman–Crippen MR) is 93.7 cm³/mol. The highest BCUT2D eigenvalue weighted by Gasteiger charge is 2.30. The summed E-state index contributed by atoms with van der Waals surface area (Å²) in [5.41, 5.74) is 3.55. The van der Waals surface area contributed by atoms with E-state index in [1.807, 2.05) is 36.0 Å². The maximum absolute atomic E-state index is 6.02. The average Bonchev–Trinajstić information content (AvgIpc) is 3.18. The van der Waals surface area contributed by atoms with Crippen LogP contribution in [0.1, 0.15) is 0 Å². The van der Waals surface area contributed by atoms with Crippen LogP contribution < -0.4 is 26.3 Å². The number of hydrogen-bond donors (Lipinski definition) is 0. The molecule has 124 valence electrons. The first-order valence-electron chi connectivity index (χ1n) is 7.44. The molecule has 1 aliphatic rings. The van der Waals surface area contributed by atoms with E-state index in [1.165, 1.54) is 16.4 Å². The summed E-state index contributed by atoms with van der Waals surface area (Å²) in [6.07, 6.45) is 2.20. The van der Waals surface area contributed by atoms with Gasteiger partial charge < -0.3 is 21.7 Å². The predicted octanol–water partition coefficient (Wildman–Crippen LogP) is 1.20. The molecule has 6 heteroatoms. The Balaban J connectivity index is 0.00000169. The van der Waals surface area contributed by atoms with Crippen LogP contribution in [0.25, 0.3) is 16.9 Å². The molecule has 0 atom stereocenters. The third-order valence-corrected chi connectivity index (χ3v) is 5.33. The van der Waals surface area contributed by atoms with E-state index in [0.717, 1.165) is 28.8 Å². The standard InChI is InChI=1S/C18H16ClN2OS.BrH/c1-22-16-8-6-15(7-9-16)21-12-17(20-10-11-23-18(20)21)13-2-4-14(19)5-3-13;/h2-9,12H,10-11H2,1H3;1H/q+1;/p-1. The zero-order chi connectivity index (χ0) is 15.8. The van der Waals surface area contributed by atoms with Gasteiger partial charge in [0, 0.05) is 16.3 Å². The van der Waals surface area contributed by atoms with Crippen molar-refractivity contribution in [2.75, 3.05) is 12.9 Å². The van der Waals surface area contributed by atoms with Crippen molar-refractivity contribution in [3.05, 3.63) is 59.8 Å². The molecule has 0 N–H and O–H groups in total. The van der Waals surface area contributed by atoms with Crippen LogP contribution in [-0.4, -0.2) is 17.4 Å². The Kier molecular flexibility index (Phi) is 5.23. The number of imidazole rings is 1. The molecular formula is C18H16BrClN2OS. The number of thioether (sulfide) groups is 1. The van der Waals surface area contributed by atoms with Crippen molar-refractivity contribution in [3.8, 4) is 22.7 Å². The molecule has 3 nitrogen and oxygen atoms in total. The zero-order valence-corrected chi connectivity index (χ0v) is 16.2. The molecule has 2 heterocycles. The molecule has 1 aromatic heterocycles. The Bertz CT molecular complexity index is 847. The molecule has 1 aliphatic heterocycles. The third-order valence-electron chi connectivity index (χ3n) is 4.02. The molecule has 0 unspecified atom stereocenters. The van der Waals surface area contributed by atoms with Crippen LogP contribution in [0.5, 0.6) is 5.75 Å². The van der Waals surface area contributed by atoms with E-state index in [-0.39, 0.29) is 17.0 Å². The van der Waals surface area contributed by atoms with Crippen molar-refractivity contribution in [1.29, 1.82) is 0 Å². The molecular weight excluding hydrogens is 408 g/mol. The van der Waals surface area contributed by atoms with Gasteiger partial charge in [-0.2, -0.15) is 4.57 Å². The molecule has 2 aromatic carbocycles. The van der Waals surface area contributed by atoms with E-state index >= 15 is 0 Å². The first-order valence-corrected chi connectivity index (χ1v) is 8.81. The van der Waals surface area contributed by atoms with Gasteiger partial charge in [-0.05, 0) is 60.3 Å². The van der Waals surface area contributed by atoms with Crippen LogP contribution in [0, 0.1) is 0 Å². The summed E-state index contributed by atoms with van der Waals surface area (Å²) in [6.45, 7) is 1.03. The van der Waals surface area contributed by atoms with Gasteiger partial charge in [-0.1, -0.05) is 11.6 Å². The van der Waals surface area contributed by atoms with Crippen LogP contribution in [-0.2, 0) is 6.54 Å². The Labute approximate surface area is 161 Å². The number of halogens is 2. The summed E-state index contributed by atoms with van der Waals surface area (Å²) < 4.78 is 9.88. The molecule has 24 heavy (non-hydrogen) atoms. The highest BCUT2D eigenvalue weighted by Crippen LogP contribution is 2.30. The van der Waals surface area contributed by atoms with Crippen molar-refractivity contribution in [3.63, 3.8) is 0 Å². The second-order valence-electron chi connectivity index (χ2n) is 5.37. The zero-order valence-electron chi connectivity index (χ0n) is 13.1. The Morgan fingerprint density at radius 1 is 1.08 bits per heavy atom. The quantitative estimate of drug-likeness (QED) is 0.589. The van der Waals surface area contributed by atoms with Gasteiger partial charge in [0.15, 0.2) is 5.69 Å². The van der Waals surface area contributed by atoms with Crippen molar-refractivity contribution >= 4 is 23.4 Å². The molecule has 0 aliphatic carbocycles. The van der Waals surface area contributed by atoms with Gasteiger partial charge >= 0.3 is 5.16 Å². The number of benzene rings is 2. The second kappa shape index (κ2) is 7.21. The highest BCUT2D eigenvalue weighted by molar-refractivity contribution is 7.99. The molecule has 4 rings (SSSR count). The summed E-state index contributed by atoms with van der Waals surface area (Å²) in [5, 5.41) is 2.03. The third kappa shape index (κ3) is 3.08. The van der Waals surface area contributed by atoms with E-state index in [4.69, 9.17) is 16.3 Å². The van der Waals surface area contributed by atoms with Crippen molar-refractivity contribution in [1.82, 2.24) is 4.57 Å². The lowest BCUT2D eigenvalue weighted by Gasteiger charge is -2.01. The lowest BCUT2D eigenvalue weighted by atomic mass is 10.1. The Hall–Kier alpha value is -1.43. The van der Waals surface area contributed by atoms with E-state index in [2.05, 4.69) is 39.6 Å². The SMILES string of the molecule is COc1ccc(-n2cc(-c3ccc(Cl)cc3)[n+]3c2SCC3)cc1.[Br-]. The normalized spacial score (nSPS) is 12.6. The van der Waals surface area contributed by atoms with Crippen molar-refractivity contribution in [2.24, 2.45) is 0 Å². The topological polar surface area (TPSA) is 18.0 Å². The molecule has 0 saturated heterocycles. The maximum Gasteiger partial charge on any atom is 0.323 e. The molecule has 0 radical (unpaired) electrons. The second-order valence-corrected chi connectivity index (χ2v) is 6.87. The fraction of sp³-hybridized carbons (Fsp3) is 0.167. The van der Waals surface area contributed by atoms with Gasteiger partial charge in [0.25, 0.3) is 0 Å². The van der Waals surface area contributed by atoms with Gasteiger partial charge in [-0.25, -0.2) is 4.57 Å². The highest BCUT2D eigenvalue weighted by atomic mass is 79.9. The number of aromatic nitrogens is 2. The van der Waals surface area contributed by atoms with Crippen LogP contribution in [0.15, 0.2) is 59.9 Å². The number of hydrogen-bond acceptors (Lipinski definition) is 2. The van der Waals surface area contributed by atoms with Gasteiger partial charge in [-0.3, -0.25) is 0 Å². The summed E-state index contributed by atoms with van der Waals surface area (Å²) in [5.74, 6) is 1.98. The Morgan fingerprint density at radius 2 is 1.79 bits per heavy atom. The fourth-order valence-electron chi connectivity index (χ4n) is 2.85. The lowest BCUT2D eigenvalue weighted by Crippen LogP contribution is -3.00. The molecule has 3 aromatic rings. The largest absolute Gasteiger partial charge is 1.00 e. The van der Waals surface area contributed by atoms with Crippen LogP contribution in [0.3, 0.4) is 0 Å². The monoisotopic (exact) mass is 422 g/mol. The summed E-state index contributed by atoms with van der Waals surface area (Å²) >= 11 is 7.90. The first-order chi connectivity index (χ1) is 11.3. The summed E-state index contributed by atoms with van der Waals surface area (Å²) in [6, 6.07) is 16.2. The molecule has 0 spiro atoms. The molecule has 0 saturated carbocycles. The van der Waals surface area contributed by atoms with Gasteiger partial charge in [0.1, 0.15) is 24.2 Å². The number of nitrogens with zero attached hydrogens (tertiary/aromatic N) is 2. The average molecular weight is 424 g/mol. The van der Waals surface area contributed by atoms with Crippen molar-refractivity contribution < 1.29 is 26.3 Å². The molecule has 0 amide bonds. The molecule has 0 bridgehead atoms. The maximum atomic E-state index is 6.02. The minimum Gasteiger partial charge on any atom is -1.00 e. The molecule has 0 fully saturated rings. The Morgan fingerprint density at radius 3 is 2.46 bits per heavy atom. The van der Waals surface area contributed by atoms with E-state index in [1.54, 1.807) is 7.11 Å². The van der Waals surface area contributed by atoms with Crippen LogP contribution in [0.4, 0.5) is 0 Å². The number of rotatable bonds is 3. The van der Waals surface area contributed by atoms with Gasteiger partial charge in [0.05, 0.1) is 7.11 Å². The minimum atomic E-state index is 0. The first kappa shape index (κ1) is 17.4. The van der Waals surface area contributed by atoms with E-state index in [9.17, 15) is 0 Å². The van der Waals surface area contributed by atoms with Gasteiger partial charge in [0.2, 0.25) is 0 Å². The smallest absolute Gasteiger partial charge is 0.323 e. The number of fused-ring (bicyclic) bond motifs is 1. The summed E-state index contributed by atoms with van der Waals surface area (Å²) in [7, 11) is 1.69. The van der Waals surface area contributed by atoms with Crippen LogP contribution >= 0.6 is 23.4 Å². The number of methoxy groups -OCH3 is 1. The summed E-state index contributed by atoms with van der Waals surface area (Å²) in [4.78, 5) is 0.